The van der Waals surface area contributed by atoms with Gasteiger partial charge >= 0.3 is 5.97 Å². The molecule has 1 aromatic carbocycles. The van der Waals surface area contributed by atoms with Crippen molar-refractivity contribution in [2.24, 2.45) is 5.73 Å². The molecule has 0 bridgehead atoms. The highest BCUT2D eigenvalue weighted by atomic mass is 16.4. The lowest BCUT2D eigenvalue weighted by atomic mass is 9.99. The van der Waals surface area contributed by atoms with E-state index in [9.17, 15) is 4.79 Å². The number of nitrogens with two attached hydrogens (primary N) is 1. The Morgan fingerprint density at radius 3 is 2.47 bits per heavy atom. The quantitative estimate of drug-likeness (QED) is 0.706. The van der Waals surface area contributed by atoms with Gasteiger partial charge in [-0.25, -0.2) is 0 Å². The van der Waals surface area contributed by atoms with Crippen molar-refractivity contribution < 1.29 is 9.90 Å². The van der Waals surface area contributed by atoms with Gasteiger partial charge in [-0.1, -0.05) is 26.0 Å². The Balaban J connectivity index is 2.54. The molecule has 0 aliphatic rings. The topological polar surface area (TPSA) is 75.3 Å². The maximum absolute atomic E-state index is 10.5. The molecule has 94 valence electrons. The lowest BCUT2D eigenvalue weighted by molar-refractivity contribution is -0.138. The van der Waals surface area contributed by atoms with Gasteiger partial charge in [-0.05, 0) is 30.0 Å². The van der Waals surface area contributed by atoms with E-state index in [0.717, 1.165) is 12.1 Å². The lowest BCUT2D eigenvalue weighted by Crippen LogP contribution is -2.36. The van der Waals surface area contributed by atoms with Crippen LogP contribution >= 0.6 is 0 Å². The Morgan fingerprint density at radius 1 is 1.41 bits per heavy atom. The van der Waals surface area contributed by atoms with E-state index in [4.69, 9.17) is 10.8 Å². The fraction of sp³-hybridized carbons (Fsp3) is 0.462. The van der Waals surface area contributed by atoms with Gasteiger partial charge in [0.1, 0.15) is 6.04 Å². The van der Waals surface area contributed by atoms with Crippen LogP contribution in [0.3, 0.4) is 0 Å². The summed E-state index contributed by atoms with van der Waals surface area (Å²) in [5.41, 5.74) is 7.59. The minimum atomic E-state index is -0.992. The van der Waals surface area contributed by atoms with E-state index in [1.807, 2.05) is 12.1 Å². The number of carboxylic acids is 1. The molecule has 2 unspecified atom stereocenters. The monoisotopic (exact) mass is 236 g/mol. The van der Waals surface area contributed by atoms with Gasteiger partial charge < -0.3 is 16.2 Å². The Labute approximate surface area is 102 Å². The van der Waals surface area contributed by atoms with Gasteiger partial charge in [0.05, 0.1) is 0 Å². The number of aliphatic carboxylic acids is 1. The summed E-state index contributed by atoms with van der Waals surface area (Å²) in [5, 5.41) is 11.6. The molecule has 1 rings (SSSR count). The molecule has 0 amide bonds. The maximum atomic E-state index is 10.5. The second kappa shape index (κ2) is 6.25. The van der Waals surface area contributed by atoms with E-state index in [1.165, 1.54) is 5.56 Å². The largest absolute Gasteiger partial charge is 0.480 e. The zero-order valence-electron chi connectivity index (χ0n) is 10.3. The zero-order chi connectivity index (χ0) is 12.8. The van der Waals surface area contributed by atoms with Crippen molar-refractivity contribution in [2.75, 3.05) is 11.9 Å². The van der Waals surface area contributed by atoms with Gasteiger partial charge in [0.2, 0.25) is 0 Å². The molecular weight excluding hydrogens is 216 g/mol. The Morgan fingerprint density at radius 2 is 2.00 bits per heavy atom. The molecule has 0 aliphatic heterocycles. The molecule has 0 aromatic heterocycles. The standard InChI is InChI=1S/C13H20N2O2/c1-3-9(2)10-4-6-11(7-5-10)15-8-12(14)13(16)17/h4-7,9,12,15H,3,8,14H2,1-2H3,(H,16,17). The summed E-state index contributed by atoms with van der Waals surface area (Å²) in [6.45, 7) is 4.57. The maximum Gasteiger partial charge on any atom is 0.322 e. The van der Waals surface area contributed by atoms with Gasteiger partial charge in [-0.2, -0.15) is 0 Å². The van der Waals surface area contributed by atoms with Crippen LogP contribution in [0.15, 0.2) is 24.3 Å². The smallest absolute Gasteiger partial charge is 0.322 e. The van der Waals surface area contributed by atoms with Crippen LogP contribution in [-0.2, 0) is 4.79 Å². The molecule has 0 heterocycles. The van der Waals surface area contributed by atoms with Crippen molar-refractivity contribution in [1.82, 2.24) is 0 Å². The van der Waals surface area contributed by atoms with Crippen molar-refractivity contribution in [3.05, 3.63) is 29.8 Å². The Kier molecular flexibility index (Phi) is 4.97. The summed E-state index contributed by atoms with van der Waals surface area (Å²) in [6, 6.07) is 7.15. The first kappa shape index (κ1) is 13.5. The van der Waals surface area contributed by atoms with Crippen molar-refractivity contribution in [3.63, 3.8) is 0 Å². The van der Waals surface area contributed by atoms with Crippen LogP contribution < -0.4 is 11.1 Å². The van der Waals surface area contributed by atoms with Gasteiger partial charge in [0.25, 0.3) is 0 Å². The van der Waals surface area contributed by atoms with Gasteiger partial charge in [-0.3, -0.25) is 4.79 Å². The summed E-state index contributed by atoms with van der Waals surface area (Å²) < 4.78 is 0. The molecule has 0 fully saturated rings. The van der Waals surface area contributed by atoms with Crippen molar-refractivity contribution in [1.29, 1.82) is 0 Å². The summed E-state index contributed by atoms with van der Waals surface area (Å²) in [6.07, 6.45) is 1.11. The highest BCUT2D eigenvalue weighted by Crippen LogP contribution is 2.20. The average molecular weight is 236 g/mol. The van der Waals surface area contributed by atoms with Crippen LogP contribution in [-0.4, -0.2) is 23.7 Å². The van der Waals surface area contributed by atoms with Crippen LogP contribution in [0.4, 0.5) is 5.69 Å². The number of nitrogens with one attached hydrogen (secondary N) is 1. The number of rotatable bonds is 6. The molecule has 4 heteroatoms. The number of anilines is 1. The van der Waals surface area contributed by atoms with Crippen LogP contribution in [0.5, 0.6) is 0 Å². The number of carboxylic acid groups (broad SMARTS) is 1. The molecule has 0 saturated carbocycles. The third-order valence-corrected chi connectivity index (χ3v) is 2.94. The number of carbonyl (C=O) groups is 1. The minimum Gasteiger partial charge on any atom is -0.480 e. The van der Waals surface area contributed by atoms with E-state index in [2.05, 4.69) is 31.3 Å². The van der Waals surface area contributed by atoms with Crippen molar-refractivity contribution in [2.45, 2.75) is 32.2 Å². The summed E-state index contributed by atoms with van der Waals surface area (Å²) in [5.74, 6) is -0.445. The highest BCUT2D eigenvalue weighted by molar-refractivity contribution is 5.74. The fourth-order valence-corrected chi connectivity index (χ4v) is 1.48. The van der Waals surface area contributed by atoms with Crippen molar-refractivity contribution >= 4 is 11.7 Å². The third-order valence-electron chi connectivity index (χ3n) is 2.94. The molecule has 1 aromatic rings. The molecule has 0 saturated heterocycles. The Bertz CT molecular complexity index is 362. The third kappa shape index (κ3) is 4.07. The van der Waals surface area contributed by atoms with Gasteiger partial charge in [0.15, 0.2) is 0 Å². The minimum absolute atomic E-state index is 0.234. The predicted molar refractivity (Wildman–Crippen MR) is 69.2 cm³/mol. The molecule has 17 heavy (non-hydrogen) atoms. The van der Waals surface area contributed by atoms with Gasteiger partial charge in [-0.15, -0.1) is 0 Å². The van der Waals surface area contributed by atoms with Crippen LogP contribution in [0.25, 0.3) is 0 Å². The van der Waals surface area contributed by atoms with E-state index in [0.29, 0.717) is 5.92 Å². The molecule has 4 N–H and O–H groups in total. The summed E-state index contributed by atoms with van der Waals surface area (Å²) in [4.78, 5) is 10.5. The molecule has 4 nitrogen and oxygen atoms in total. The summed E-state index contributed by atoms with van der Waals surface area (Å²) >= 11 is 0. The average Bonchev–Trinajstić information content (AvgIpc) is 2.35. The Hall–Kier alpha value is -1.55. The summed E-state index contributed by atoms with van der Waals surface area (Å²) in [7, 11) is 0. The normalized spacial score (nSPS) is 14.1. The van der Waals surface area contributed by atoms with Crippen LogP contribution in [0.2, 0.25) is 0 Å². The van der Waals surface area contributed by atoms with E-state index < -0.39 is 12.0 Å². The first-order chi connectivity index (χ1) is 8.04. The van der Waals surface area contributed by atoms with Crippen molar-refractivity contribution in [3.8, 4) is 0 Å². The second-order valence-electron chi connectivity index (χ2n) is 4.26. The van der Waals surface area contributed by atoms with Gasteiger partial charge in [0, 0.05) is 12.2 Å². The van der Waals surface area contributed by atoms with Crippen LogP contribution in [0.1, 0.15) is 31.7 Å². The first-order valence-corrected chi connectivity index (χ1v) is 5.86. The zero-order valence-corrected chi connectivity index (χ0v) is 10.3. The van der Waals surface area contributed by atoms with E-state index in [-0.39, 0.29) is 6.54 Å². The molecule has 0 aliphatic carbocycles. The molecule has 0 spiro atoms. The fourth-order valence-electron chi connectivity index (χ4n) is 1.48. The number of hydrogen-bond donors (Lipinski definition) is 3. The molecule has 2 atom stereocenters. The number of hydrogen-bond acceptors (Lipinski definition) is 3. The lowest BCUT2D eigenvalue weighted by Gasteiger charge is -2.12. The van der Waals surface area contributed by atoms with Crippen LogP contribution in [0, 0.1) is 0 Å². The predicted octanol–water partition coefficient (Wildman–Crippen LogP) is 2.02. The first-order valence-electron chi connectivity index (χ1n) is 5.86. The van der Waals surface area contributed by atoms with E-state index >= 15 is 0 Å². The van der Waals surface area contributed by atoms with E-state index in [1.54, 1.807) is 0 Å². The number of benzene rings is 1. The highest BCUT2D eigenvalue weighted by Gasteiger charge is 2.10. The second-order valence-corrected chi connectivity index (χ2v) is 4.26. The SMILES string of the molecule is CCC(C)c1ccc(NCC(N)C(=O)O)cc1. The molecular formula is C13H20N2O2. The molecule has 0 radical (unpaired) electrons.